The Morgan fingerprint density at radius 2 is 1.69 bits per heavy atom. The van der Waals surface area contributed by atoms with Crippen molar-refractivity contribution in [2.75, 3.05) is 13.2 Å². The van der Waals surface area contributed by atoms with Crippen LogP contribution < -0.4 is 10.6 Å². The van der Waals surface area contributed by atoms with Crippen molar-refractivity contribution in [2.24, 2.45) is 11.8 Å². The third-order valence-electron chi connectivity index (χ3n) is 4.93. The highest BCUT2D eigenvalue weighted by Crippen LogP contribution is 2.16. The highest BCUT2D eigenvalue weighted by atomic mass is 16.5. The van der Waals surface area contributed by atoms with E-state index in [0.717, 1.165) is 5.56 Å². The lowest BCUT2D eigenvalue weighted by atomic mass is 9.96. The van der Waals surface area contributed by atoms with Crippen LogP contribution in [0.2, 0.25) is 0 Å². The molecule has 4 atom stereocenters. The summed E-state index contributed by atoms with van der Waals surface area (Å²) in [4.78, 5) is 37.2. The molecule has 1 rings (SSSR count). The van der Waals surface area contributed by atoms with E-state index in [9.17, 15) is 14.4 Å². The smallest absolute Gasteiger partial charge is 0.309 e. The van der Waals surface area contributed by atoms with Crippen molar-refractivity contribution in [3.05, 3.63) is 61.2 Å². The van der Waals surface area contributed by atoms with Gasteiger partial charge in [-0.15, -0.1) is 13.2 Å². The number of aliphatic hydroxyl groups excluding tert-OH is 1. The largest absolute Gasteiger partial charge is 0.461 e. The molecule has 0 fully saturated rings. The number of nitrogens with one attached hydrogen (secondary N) is 2. The van der Waals surface area contributed by atoms with Gasteiger partial charge in [0.15, 0.2) is 0 Å². The summed E-state index contributed by atoms with van der Waals surface area (Å²) in [6.07, 6.45) is 4.11. The average molecular weight is 445 g/mol. The normalized spacial score (nSPS) is 14.3. The van der Waals surface area contributed by atoms with Gasteiger partial charge in [-0.25, -0.2) is 0 Å². The van der Waals surface area contributed by atoms with E-state index in [0.29, 0.717) is 19.3 Å². The Kier molecular flexibility index (Phi) is 12.7. The maximum Gasteiger partial charge on any atom is 0.309 e. The Hall–Kier alpha value is -2.93. The molecule has 0 aromatic heterocycles. The van der Waals surface area contributed by atoms with Crippen molar-refractivity contribution in [1.29, 1.82) is 0 Å². The van der Waals surface area contributed by atoms with Crippen molar-refractivity contribution >= 4 is 17.8 Å². The number of benzene rings is 1. The van der Waals surface area contributed by atoms with Crippen LogP contribution in [0.15, 0.2) is 55.6 Å². The first-order chi connectivity index (χ1) is 15.3. The van der Waals surface area contributed by atoms with Crippen molar-refractivity contribution < 1.29 is 24.2 Å². The average Bonchev–Trinajstić information content (AvgIpc) is 2.77. The van der Waals surface area contributed by atoms with Gasteiger partial charge in [-0.3, -0.25) is 14.4 Å². The summed E-state index contributed by atoms with van der Waals surface area (Å²) in [5.41, 5.74) is 1.04. The number of allylic oxidation sites excluding steroid dienone is 2. The first kappa shape index (κ1) is 27.1. The third-order valence-corrected chi connectivity index (χ3v) is 4.93. The zero-order valence-corrected chi connectivity index (χ0v) is 19.1. The molecule has 0 spiro atoms. The van der Waals surface area contributed by atoms with Gasteiger partial charge in [-0.05, 0) is 38.7 Å². The minimum atomic E-state index is -0.590. The standard InChI is InChI=1S/C25H36N2O5/c1-5-10-21(15-23(29)27-18(3)17-28)24(30)26-16-19(4)32-25(31)22(11-6-2)14-20-12-8-7-9-13-20/h5-9,12-13,18-19,21-22,28H,1-2,10-11,14-17H2,3-4H3,(H,26,30)(H,27,29)/t18-,19+,21-,22-/m1/s1. The SMILES string of the molecule is C=CC[C@H](CC(=O)N[C@H](C)CO)C(=O)NC[C@H](C)OC(=O)[C@H](CC=C)Cc1ccccc1. The van der Waals surface area contributed by atoms with Gasteiger partial charge in [-0.2, -0.15) is 0 Å². The summed E-state index contributed by atoms with van der Waals surface area (Å²) in [6.45, 7) is 10.7. The van der Waals surface area contributed by atoms with E-state index < -0.39 is 12.0 Å². The van der Waals surface area contributed by atoms with Crippen LogP contribution in [0.25, 0.3) is 0 Å². The monoisotopic (exact) mass is 444 g/mol. The van der Waals surface area contributed by atoms with Gasteiger partial charge in [0, 0.05) is 12.5 Å². The molecule has 3 N–H and O–H groups in total. The molecule has 1 aromatic rings. The van der Waals surface area contributed by atoms with Crippen LogP contribution in [0.5, 0.6) is 0 Å². The van der Waals surface area contributed by atoms with E-state index in [2.05, 4.69) is 23.8 Å². The van der Waals surface area contributed by atoms with E-state index in [1.807, 2.05) is 30.3 Å². The summed E-state index contributed by atoms with van der Waals surface area (Å²) in [5, 5.41) is 14.4. The fourth-order valence-corrected chi connectivity index (χ4v) is 3.17. The first-order valence-corrected chi connectivity index (χ1v) is 10.9. The van der Waals surface area contributed by atoms with Crippen LogP contribution in [0.3, 0.4) is 0 Å². The van der Waals surface area contributed by atoms with Crippen LogP contribution in [0.1, 0.15) is 38.7 Å². The van der Waals surface area contributed by atoms with Gasteiger partial charge < -0.3 is 20.5 Å². The van der Waals surface area contributed by atoms with Crippen molar-refractivity contribution in [2.45, 2.75) is 51.7 Å². The third kappa shape index (κ3) is 10.4. The molecular formula is C25H36N2O5. The van der Waals surface area contributed by atoms with Gasteiger partial charge >= 0.3 is 5.97 Å². The lowest BCUT2D eigenvalue weighted by Crippen LogP contribution is -2.41. The molecule has 7 nitrogen and oxygen atoms in total. The van der Waals surface area contributed by atoms with Crippen molar-refractivity contribution in [1.82, 2.24) is 10.6 Å². The lowest BCUT2D eigenvalue weighted by molar-refractivity contribution is -0.153. The Balaban J connectivity index is 2.57. The van der Waals surface area contributed by atoms with Crippen LogP contribution in [0, 0.1) is 11.8 Å². The molecule has 0 saturated carbocycles. The number of rotatable bonds is 15. The second-order valence-corrected chi connectivity index (χ2v) is 7.98. The Bertz CT molecular complexity index is 750. The molecule has 32 heavy (non-hydrogen) atoms. The minimum Gasteiger partial charge on any atom is -0.461 e. The molecule has 0 aliphatic carbocycles. The summed E-state index contributed by atoms with van der Waals surface area (Å²) in [6, 6.07) is 9.32. The van der Waals surface area contributed by atoms with Gasteiger partial charge in [0.2, 0.25) is 11.8 Å². The number of carbonyl (C=O) groups is 3. The molecule has 176 valence electrons. The quantitative estimate of drug-likeness (QED) is 0.285. The molecule has 0 saturated heterocycles. The van der Waals surface area contributed by atoms with Gasteiger partial charge in [-0.1, -0.05) is 42.5 Å². The van der Waals surface area contributed by atoms with Crippen LogP contribution >= 0.6 is 0 Å². The number of esters is 1. The number of aliphatic hydroxyl groups is 1. The summed E-state index contributed by atoms with van der Waals surface area (Å²) in [5.74, 6) is -1.91. The summed E-state index contributed by atoms with van der Waals surface area (Å²) >= 11 is 0. The highest BCUT2D eigenvalue weighted by molar-refractivity contribution is 5.86. The molecular weight excluding hydrogens is 408 g/mol. The van der Waals surface area contributed by atoms with Gasteiger partial charge in [0.25, 0.3) is 0 Å². The Labute approximate surface area is 190 Å². The predicted octanol–water partition coefficient (Wildman–Crippen LogP) is 2.55. The highest BCUT2D eigenvalue weighted by Gasteiger charge is 2.24. The number of carbonyl (C=O) groups excluding carboxylic acids is 3. The van der Waals surface area contributed by atoms with Crippen molar-refractivity contribution in [3.8, 4) is 0 Å². The lowest BCUT2D eigenvalue weighted by Gasteiger charge is -2.21. The molecule has 0 aliphatic rings. The molecule has 1 aromatic carbocycles. The molecule has 0 bridgehead atoms. The van der Waals surface area contributed by atoms with Gasteiger partial charge in [0.1, 0.15) is 6.10 Å². The zero-order valence-electron chi connectivity index (χ0n) is 19.1. The Morgan fingerprint density at radius 1 is 1.06 bits per heavy atom. The molecule has 0 aliphatic heterocycles. The van der Waals surface area contributed by atoms with E-state index in [1.165, 1.54) is 0 Å². The second kappa shape index (κ2) is 15.0. The predicted molar refractivity (Wildman–Crippen MR) is 125 cm³/mol. The number of amides is 2. The maximum atomic E-state index is 12.6. The van der Waals surface area contributed by atoms with Crippen LogP contribution in [-0.2, 0) is 25.5 Å². The Morgan fingerprint density at radius 3 is 2.28 bits per heavy atom. The molecule has 0 heterocycles. The number of ether oxygens (including phenoxy) is 1. The van der Waals surface area contributed by atoms with E-state index in [1.54, 1.807) is 26.0 Å². The topological polar surface area (TPSA) is 105 Å². The number of hydrogen-bond donors (Lipinski definition) is 3. The van der Waals surface area contributed by atoms with Crippen LogP contribution in [-0.4, -0.2) is 48.2 Å². The fraction of sp³-hybridized carbons (Fsp3) is 0.480. The maximum absolute atomic E-state index is 12.6. The van der Waals surface area contributed by atoms with E-state index >= 15 is 0 Å². The summed E-state index contributed by atoms with van der Waals surface area (Å²) < 4.78 is 5.55. The number of hydrogen-bond acceptors (Lipinski definition) is 5. The van der Waals surface area contributed by atoms with E-state index in [-0.39, 0.29) is 49.3 Å². The van der Waals surface area contributed by atoms with E-state index in [4.69, 9.17) is 9.84 Å². The molecule has 2 amide bonds. The van der Waals surface area contributed by atoms with Crippen LogP contribution in [0.4, 0.5) is 0 Å². The first-order valence-electron chi connectivity index (χ1n) is 10.9. The minimum absolute atomic E-state index is 0.0190. The zero-order chi connectivity index (χ0) is 23.9. The molecule has 0 radical (unpaired) electrons. The fourth-order valence-electron chi connectivity index (χ4n) is 3.17. The molecule has 0 unspecified atom stereocenters. The van der Waals surface area contributed by atoms with Crippen molar-refractivity contribution in [3.63, 3.8) is 0 Å². The van der Waals surface area contributed by atoms with Gasteiger partial charge in [0.05, 0.1) is 25.0 Å². The molecule has 7 heteroatoms. The second-order valence-electron chi connectivity index (χ2n) is 7.98. The summed E-state index contributed by atoms with van der Waals surface area (Å²) in [7, 11) is 0.